The summed E-state index contributed by atoms with van der Waals surface area (Å²) in [6.45, 7) is 2.32. The molecule has 5 heteroatoms. The molecule has 1 aromatic carbocycles. The molecule has 0 atom stereocenters. The number of hydrogen-bond donors (Lipinski definition) is 1. The molecule has 2 N–H and O–H groups in total. The van der Waals surface area contributed by atoms with Gasteiger partial charge in [-0.1, -0.05) is 29.0 Å². The Balaban J connectivity index is 2.45. The minimum absolute atomic E-state index is 0.0109. The lowest BCUT2D eigenvalue weighted by molar-refractivity contribution is 0.757. The van der Waals surface area contributed by atoms with E-state index in [-0.39, 0.29) is 4.87 Å². The minimum atomic E-state index is 0.0109. The van der Waals surface area contributed by atoms with Crippen LogP contribution in [-0.2, 0) is 6.54 Å². The van der Waals surface area contributed by atoms with Crippen LogP contribution < -0.4 is 10.6 Å². The first kappa shape index (κ1) is 11.2. The number of aryl methyl sites for hydroxylation is 1. The van der Waals surface area contributed by atoms with Gasteiger partial charge in [0.15, 0.2) is 0 Å². The maximum atomic E-state index is 11.6. The minimum Gasteiger partial charge on any atom is -0.398 e. The van der Waals surface area contributed by atoms with E-state index in [4.69, 9.17) is 17.3 Å². The second kappa shape index (κ2) is 4.31. The van der Waals surface area contributed by atoms with Crippen LogP contribution in [0.3, 0.4) is 0 Å². The number of hydrogen-bond acceptors (Lipinski definition) is 3. The molecule has 0 radical (unpaired) electrons. The van der Waals surface area contributed by atoms with E-state index in [1.54, 1.807) is 22.8 Å². The van der Waals surface area contributed by atoms with Crippen LogP contribution in [0.25, 0.3) is 0 Å². The molecule has 0 aliphatic heterocycles. The molecule has 1 aromatic heterocycles. The first-order valence-corrected chi connectivity index (χ1v) is 6.03. The lowest BCUT2D eigenvalue weighted by Crippen LogP contribution is -2.16. The number of aromatic nitrogens is 1. The number of halogens is 1. The van der Waals surface area contributed by atoms with E-state index >= 15 is 0 Å². The van der Waals surface area contributed by atoms with Gasteiger partial charge in [0.2, 0.25) is 0 Å². The summed E-state index contributed by atoms with van der Waals surface area (Å²) in [5, 5.41) is 2.42. The summed E-state index contributed by atoms with van der Waals surface area (Å²) in [6.07, 6.45) is 0. The topological polar surface area (TPSA) is 48.0 Å². The Kier molecular flexibility index (Phi) is 3.03. The van der Waals surface area contributed by atoms with Crippen molar-refractivity contribution in [2.45, 2.75) is 13.5 Å². The number of benzene rings is 1. The highest BCUT2D eigenvalue weighted by molar-refractivity contribution is 7.07. The van der Waals surface area contributed by atoms with E-state index in [1.807, 2.05) is 12.3 Å². The molecule has 0 unspecified atom stereocenters. The summed E-state index contributed by atoms with van der Waals surface area (Å²) in [5.74, 6) is 0. The monoisotopic (exact) mass is 254 g/mol. The van der Waals surface area contributed by atoms with Crippen LogP contribution in [0, 0.1) is 6.92 Å². The highest BCUT2D eigenvalue weighted by Crippen LogP contribution is 2.23. The Labute approximate surface area is 102 Å². The van der Waals surface area contributed by atoms with E-state index in [9.17, 15) is 4.79 Å². The molecule has 84 valence electrons. The first-order chi connectivity index (χ1) is 7.59. The van der Waals surface area contributed by atoms with Crippen LogP contribution >= 0.6 is 22.9 Å². The molecule has 1 heterocycles. The fourth-order valence-electron chi connectivity index (χ4n) is 1.50. The largest absolute Gasteiger partial charge is 0.398 e. The van der Waals surface area contributed by atoms with Gasteiger partial charge in [-0.25, -0.2) is 0 Å². The van der Waals surface area contributed by atoms with Gasteiger partial charge in [-0.05, 0) is 19.1 Å². The van der Waals surface area contributed by atoms with Crippen molar-refractivity contribution in [3.63, 3.8) is 0 Å². The van der Waals surface area contributed by atoms with Crippen molar-refractivity contribution in [2.75, 3.05) is 5.73 Å². The van der Waals surface area contributed by atoms with Gasteiger partial charge >= 0.3 is 4.87 Å². The Bertz CT molecular complexity index is 553. The molecule has 0 fully saturated rings. The number of nitrogens with zero attached hydrogens (tertiary/aromatic N) is 1. The number of nitrogen functional groups attached to an aromatic ring is 1. The van der Waals surface area contributed by atoms with Gasteiger partial charge in [0, 0.05) is 27.3 Å². The molecule has 2 rings (SSSR count). The zero-order chi connectivity index (χ0) is 11.7. The Morgan fingerprint density at radius 1 is 1.50 bits per heavy atom. The van der Waals surface area contributed by atoms with Gasteiger partial charge in [0.05, 0.1) is 6.54 Å². The SMILES string of the molecule is Cc1csc(=O)n1Cc1c(N)cccc1Cl. The predicted octanol–water partition coefficient (Wildman–Crippen LogP) is 2.50. The fraction of sp³-hybridized carbons (Fsp3) is 0.182. The van der Waals surface area contributed by atoms with Crippen LogP contribution in [0.5, 0.6) is 0 Å². The van der Waals surface area contributed by atoms with E-state index < -0.39 is 0 Å². The summed E-state index contributed by atoms with van der Waals surface area (Å²) in [5.41, 5.74) is 8.18. The van der Waals surface area contributed by atoms with Gasteiger partial charge < -0.3 is 5.73 Å². The lowest BCUT2D eigenvalue weighted by Gasteiger charge is -2.09. The third-order valence-corrected chi connectivity index (χ3v) is 3.68. The van der Waals surface area contributed by atoms with Crippen molar-refractivity contribution in [1.82, 2.24) is 4.57 Å². The second-order valence-corrected chi connectivity index (χ2v) is 4.76. The predicted molar refractivity (Wildman–Crippen MR) is 68.3 cm³/mol. The number of anilines is 1. The first-order valence-electron chi connectivity index (χ1n) is 4.77. The molecule has 0 aliphatic rings. The lowest BCUT2D eigenvalue weighted by atomic mass is 10.2. The summed E-state index contributed by atoms with van der Waals surface area (Å²) in [4.78, 5) is 11.6. The molecule has 0 saturated carbocycles. The summed E-state index contributed by atoms with van der Waals surface area (Å²) < 4.78 is 1.67. The second-order valence-electron chi connectivity index (χ2n) is 3.54. The van der Waals surface area contributed by atoms with Gasteiger partial charge in [0.1, 0.15) is 0 Å². The van der Waals surface area contributed by atoms with Crippen molar-refractivity contribution in [3.8, 4) is 0 Å². The number of nitrogens with two attached hydrogens (primary N) is 1. The fourth-order valence-corrected chi connectivity index (χ4v) is 2.47. The van der Waals surface area contributed by atoms with E-state index in [0.717, 1.165) is 11.3 Å². The summed E-state index contributed by atoms with van der Waals surface area (Å²) in [6, 6.07) is 5.36. The molecule has 2 aromatic rings. The Hall–Kier alpha value is -1.26. The Morgan fingerprint density at radius 2 is 2.25 bits per heavy atom. The van der Waals surface area contributed by atoms with E-state index in [0.29, 0.717) is 17.3 Å². The van der Waals surface area contributed by atoms with Crippen molar-refractivity contribution in [2.24, 2.45) is 0 Å². The van der Waals surface area contributed by atoms with Gasteiger partial charge in [0.25, 0.3) is 0 Å². The smallest absolute Gasteiger partial charge is 0.307 e. The summed E-state index contributed by atoms with van der Waals surface area (Å²) >= 11 is 7.24. The van der Waals surface area contributed by atoms with Gasteiger partial charge in [-0.15, -0.1) is 0 Å². The average Bonchev–Trinajstić information content (AvgIpc) is 2.54. The highest BCUT2D eigenvalue weighted by atomic mass is 35.5. The van der Waals surface area contributed by atoms with Crippen molar-refractivity contribution in [3.05, 3.63) is 49.5 Å². The van der Waals surface area contributed by atoms with Crippen molar-refractivity contribution < 1.29 is 0 Å². The molecule has 0 bridgehead atoms. The van der Waals surface area contributed by atoms with Crippen LogP contribution in [0.15, 0.2) is 28.4 Å². The quantitative estimate of drug-likeness (QED) is 0.837. The Morgan fingerprint density at radius 3 is 2.81 bits per heavy atom. The molecule has 0 saturated heterocycles. The molecular formula is C11H11ClN2OS. The maximum Gasteiger partial charge on any atom is 0.307 e. The van der Waals surface area contributed by atoms with E-state index in [1.165, 1.54) is 11.3 Å². The zero-order valence-corrected chi connectivity index (χ0v) is 10.3. The number of thiazole rings is 1. The number of rotatable bonds is 2. The standard InChI is InChI=1S/C11H11ClN2OS/c1-7-6-16-11(15)14(7)5-8-9(12)3-2-4-10(8)13/h2-4,6H,5,13H2,1H3. The van der Waals surface area contributed by atoms with Crippen LogP contribution in [0.1, 0.15) is 11.3 Å². The van der Waals surface area contributed by atoms with Crippen LogP contribution in [-0.4, -0.2) is 4.57 Å². The van der Waals surface area contributed by atoms with Crippen molar-refractivity contribution >= 4 is 28.6 Å². The molecule has 16 heavy (non-hydrogen) atoms. The summed E-state index contributed by atoms with van der Waals surface area (Å²) in [7, 11) is 0. The van der Waals surface area contributed by atoms with E-state index in [2.05, 4.69) is 0 Å². The molecule has 0 spiro atoms. The van der Waals surface area contributed by atoms with Gasteiger partial charge in [-0.2, -0.15) is 0 Å². The average molecular weight is 255 g/mol. The van der Waals surface area contributed by atoms with Gasteiger partial charge in [-0.3, -0.25) is 9.36 Å². The molecule has 0 amide bonds. The molecular weight excluding hydrogens is 244 g/mol. The van der Waals surface area contributed by atoms with Crippen molar-refractivity contribution in [1.29, 1.82) is 0 Å². The van der Waals surface area contributed by atoms with Crippen LogP contribution in [0.2, 0.25) is 5.02 Å². The normalized spacial score (nSPS) is 10.6. The maximum absolute atomic E-state index is 11.6. The highest BCUT2D eigenvalue weighted by Gasteiger charge is 2.08. The van der Waals surface area contributed by atoms with Crippen LogP contribution in [0.4, 0.5) is 5.69 Å². The third kappa shape index (κ3) is 1.99. The molecule has 0 aliphatic carbocycles. The molecule has 3 nitrogen and oxygen atoms in total. The third-order valence-electron chi connectivity index (χ3n) is 2.45. The zero-order valence-electron chi connectivity index (χ0n) is 8.74.